The van der Waals surface area contributed by atoms with Gasteiger partial charge in [-0.15, -0.1) is 0 Å². The zero-order valence-electron chi connectivity index (χ0n) is 13.4. The maximum atomic E-state index is 11.3. The van der Waals surface area contributed by atoms with Crippen LogP contribution in [0.4, 0.5) is 0 Å². The molecule has 0 saturated heterocycles. The summed E-state index contributed by atoms with van der Waals surface area (Å²) in [5, 5.41) is 9.94. The number of aliphatic hydroxyl groups is 1. The van der Waals surface area contributed by atoms with E-state index in [2.05, 4.69) is 30.3 Å². The number of carbonyl (C=O) groups excluding carboxylic acids is 1. The highest BCUT2D eigenvalue weighted by Crippen LogP contribution is 2.26. The van der Waals surface area contributed by atoms with Crippen LogP contribution < -0.4 is 0 Å². The van der Waals surface area contributed by atoms with Crippen LogP contribution in [0.3, 0.4) is 0 Å². The Labute approximate surface area is 133 Å². The summed E-state index contributed by atoms with van der Waals surface area (Å²) in [5.41, 5.74) is 3.77. The lowest BCUT2D eigenvalue weighted by Gasteiger charge is -2.11. The summed E-state index contributed by atoms with van der Waals surface area (Å²) in [6.45, 7) is 2.13. The SMILES string of the molecule is CCOC(=O)C[C@@H](O)Cc1ccc(C2=CCCCCC2)cc1. The number of rotatable bonds is 6. The smallest absolute Gasteiger partial charge is 0.308 e. The second kappa shape index (κ2) is 8.74. The minimum Gasteiger partial charge on any atom is -0.466 e. The van der Waals surface area contributed by atoms with E-state index in [9.17, 15) is 9.90 Å². The predicted octanol–water partition coefficient (Wildman–Crippen LogP) is 3.89. The van der Waals surface area contributed by atoms with Gasteiger partial charge in [0.05, 0.1) is 19.1 Å². The maximum Gasteiger partial charge on any atom is 0.308 e. The molecule has 3 heteroatoms. The third-order valence-electron chi connectivity index (χ3n) is 4.04. The third kappa shape index (κ3) is 5.30. The van der Waals surface area contributed by atoms with Gasteiger partial charge in [0.1, 0.15) is 0 Å². The van der Waals surface area contributed by atoms with E-state index in [-0.39, 0.29) is 12.4 Å². The molecule has 1 aromatic carbocycles. The van der Waals surface area contributed by atoms with Crippen molar-refractivity contribution < 1.29 is 14.6 Å². The summed E-state index contributed by atoms with van der Waals surface area (Å²) in [5.74, 6) is -0.338. The van der Waals surface area contributed by atoms with Crippen LogP contribution in [0.15, 0.2) is 30.3 Å². The average molecular weight is 302 g/mol. The molecule has 0 unspecified atom stereocenters. The highest BCUT2D eigenvalue weighted by molar-refractivity contribution is 5.70. The van der Waals surface area contributed by atoms with E-state index in [0.717, 1.165) is 12.0 Å². The Morgan fingerprint density at radius 2 is 2.00 bits per heavy atom. The molecule has 0 amide bonds. The van der Waals surface area contributed by atoms with Gasteiger partial charge in [-0.3, -0.25) is 4.79 Å². The van der Waals surface area contributed by atoms with E-state index in [1.807, 2.05) is 0 Å². The molecular weight excluding hydrogens is 276 g/mol. The lowest BCUT2D eigenvalue weighted by Crippen LogP contribution is -2.18. The summed E-state index contributed by atoms with van der Waals surface area (Å²) in [4.78, 5) is 11.3. The van der Waals surface area contributed by atoms with Crippen molar-refractivity contribution in [3.05, 3.63) is 41.5 Å². The number of benzene rings is 1. The van der Waals surface area contributed by atoms with Gasteiger partial charge < -0.3 is 9.84 Å². The molecular formula is C19H26O3. The molecule has 0 aliphatic heterocycles. The standard InChI is InChI=1S/C19H26O3/c1-2-22-19(21)14-18(20)13-15-9-11-17(12-10-15)16-7-5-3-4-6-8-16/h7,9-12,18,20H,2-6,8,13-14H2,1H3/t18-/m0/s1. The maximum absolute atomic E-state index is 11.3. The number of allylic oxidation sites excluding steroid dienone is 2. The van der Waals surface area contributed by atoms with Crippen molar-refractivity contribution in [1.29, 1.82) is 0 Å². The largest absolute Gasteiger partial charge is 0.466 e. The second-order valence-electron chi connectivity index (χ2n) is 5.89. The van der Waals surface area contributed by atoms with Crippen LogP contribution in [0.25, 0.3) is 5.57 Å². The number of aliphatic hydroxyl groups excluding tert-OH is 1. The van der Waals surface area contributed by atoms with Crippen LogP contribution in [-0.4, -0.2) is 23.8 Å². The van der Waals surface area contributed by atoms with E-state index in [4.69, 9.17) is 4.74 Å². The van der Waals surface area contributed by atoms with Crippen LogP contribution in [-0.2, 0) is 16.0 Å². The van der Waals surface area contributed by atoms with Gasteiger partial charge in [-0.05, 0) is 55.7 Å². The first-order chi connectivity index (χ1) is 10.7. The van der Waals surface area contributed by atoms with Crippen LogP contribution in [0.5, 0.6) is 0 Å². The van der Waals surface area contributed by atoms with Gasteiger partial charge in [-0.1, -0.05) is 36.8 Å². The summed E-state index contributed by atoms with van der Waals surface area (Å²) >= 11 is 0. The molecule has 1 atom stereocenters. The fourth-order valence-electron chi connectivity index (χ4n) is 2.89. The lowest BCUT2D eigenvalue weighted by atomic mass is 9.98. The number of carbonyl (C=O) groups is 1. The Kier molecular flexibility index (Phi) is 6.66. The Hall–Kier alpha value is -1.61. The summed E-state index contributed by atoms with van der Waals surface area (Å²) in [6, 6.07) is 8.36. The van der Waals surface area contributed by atoms with Crippen molar-refractivity contribution in [2.24, 2.45) is 0 Å². The van der Waals surface area contributed by atoms with Gasteiger partial charge in [0.15, 0.2) is 0 Å². The topological polar surface area (TPSA) is 46.5 Å². The lowest BCUT2D eigenvalue weighted by molar-refractivity contribution is -0.145. The van der Waals surface area contributed by atoms with Crippen LogP contribution in [0, 0.1) is 0 Å². The van der Waals surface area contributed by atoms with Gasteiger partial charge in [0.25, 0.3) is 0 Å². The average Bonchev–Trinajstić information content (AvgIpc) is 2.77. The van der Waals surface area contributed by atoms with Gasteiger partial charge in [0.2, 0.25) is 0 Å². The Balaban J connectivity index is 1.91. The van der Waals surface area contributed by atoms with Crippen molar-refractivity contribution in [2.75, 3.05) is 6.61 Å². The highest BCUT2D eigenvalue weighted by atomic mass is 16.5. The van der Waals surface area contributed by atoms with Crippen LogP contribution >= 0.6 is 0 Å². The molecule has 1 aliphatic carbocycles. The van der Waals surface area contributed by atoms with Crippen molar-refractivity contribution in [2.45, 2.75) is 58.0 Å². The van der Waals surface area contributed by atoms with Crippen molar-refractivity contribution >= 4 is 11.5 Å². The van der Waals surface area contributed by atoms with Crippen molar-refractivity contribution in [3.63, 3.8) is 0 Å². The Bertz CT molecular complexity index is 502. The molecule has 0 fully saturated rings. The Morgan fingerprint density at radius 1 is 1.23 bits per heavy atom. The molecule has 0 spiro atoms. The minimum absolute atomic E-state index is 0.0563. The molecule has 3 nitrogen and oxygen atoms in total. The van der Waals surface area contributed by atoms with Crippen LogP contribution in [0.2, 0.25) is 0 Å². The first kappa shape index (κ1) is 16.8. The first-order valence-corrected chi connectivity index (χ1v) is 8.31. The quantitative estimate of drug-likeness (QED) is 0.811. The van der Waals surface area contributed by atoms with Gasteiger partial charge >= 0.3 is 5.97 Å². The molecule has 120 valence electrons. The fraction of sp³-hybridized carbons (Fsp3) is 0.526. The normalized spacial score (nSPS) is 16.5. The van der Waals surface area contributed by atoms with E-state index in [1.165, 1.54) is 36.8 Å². The molecule has 1 aromatic rings. The molecule has 22 heavy (non-hydrogen) atoms. The van der Waals surface area contributed by atoms with E-state index in [1.54, 1.807) is 6.92 Å². The van der Waals surface area contributed by atoms with Crippen molar-refractivity contribution in [1.82, 2.24) is 0 Å². The van der Waals surface area contributed by atoms with Crippen LogP contribution in [0.1, 0.15) is 56.6 Å². The van der Waals surface area contributed by atoms with Gasteiger partial charge in [-0.25, -0.2) is 0 Å². The number of hydrogen-bond donors (Lipinski definition) is 1. The van der Waals surface area contributed by atoms with Gasteiger partial charge in [-0.2, -0.15) is 0 Å². The number of esters is 1. The zero-order valence-corrected chi connectivity index (χ0v) is 13.4. The Morgan fingerprint density at radius 3 is 2.73 bits per heavy atom. The van der Waals surface area contributed by atoms with E-state index >= 15 is 0 Å². The monoisotopic (exact) mass is 302 g/mol. The minimum atomic E-state index is -0.679. The number of hydrogen-bond acceptors (Lipinski definition) is 3. The van der Waals surface area contributed by atoms with E-state index in [0.29, 0.717) is 13.0 Å². The predicted molar refractivity (Wildman–Crippen MR) is 88.5 cm³/mol. The molecule has 1 N–H and O–H groups in total. The van der Waals surface area contributed by atoms with Crippen molar-refractivity contribution in [3.8, 4) is 0 Å². The molecule has 0 bridgehead atoms. The molecule has 0 radical (unpaired) electrons. The molecule has 1 aliphatic rings. The second-order valence-corrected chi connectivity index (χ2v) is 5.89. The first-order valence-electron chi connectivity index (χ1n) is 8.31. The third-order valence-corrected chi connectivity index (χ3v) is 4.04. The molecule has 2 rings (SSSR count). The fourth-order valence-corrected chi connectivity index (χ4v) is 2.89. The summed E-state index contributed by atoms with van der Waals surface area (Å²) < 4.78 is 4.85. The molecule has 0 heterocycles. The summed E-state index contributed by atoms with van der Waals surface area (Å²) in [7, 11) is 0. The van der Waals surface area contributed by atoms with Gasteiger partial charge in [0, 0.05) is 0 Å². The zero-order chi connectivity index (χ0) is 15.8. The molecule has 0 saturated carbocycles. The number of ether oxygens (including phenoxy) is 1. The van der Waals surface area contributed by atoms with E-state index < -0.39 is 6.10 Å². The molecule has 0 aromatic heterocycles. The summed E-state index contributed by atoms with van der Waals surface area (Å²) in [6.07, 6.45) is 8.43. The highest BCUT2D eigenvalue weighted by Gasteiger charge is 2.12.